The number of nitrogen functional groups attached to an aromatic ring is 1. The fourth-order valence-corrected chi connectivity index (χ4v) is 9.98. The van der Waals surface area contributed by atoms with Crippen LogP contribution in [0.3, 0.4) is 0 Å². The summed E-state index contributed by atoms with van der Waals surface area (Å²) >= 11 is 0. The Morgan fingerprint density at radius 1 is 0.806 bits per heavy atom. The highest BCUT2D eigenvalue weighted by Gasteiger charge is 2.38. The van der Waals surface area contributed by atoms with Gasteiger partial charge in [0.05, 0.1) is 55.1 Å². The lowest BCUT2D eigenvalue weighted by Gasteiger charge is -2.39. The van der Waals surface area contributed by atoms with Gasteiger partial charge in [0.25, 0.3) is 11.8 Å². The number of rotatable bonds is 9. The summed E-state index contributed by atoms with van der Waals surface area (Å²) in [5.41, 5.74) is 11.3. The SMILES string of the molecule is CC(C)c1cc(C(=O)N2Cc3ccc(CN4CCC(O)(CC(=O)N5CCn6cc(C(=O)N7CCc8c(nc(-c9cnc(N)nc9)nc8N8CCOCC8)C7)nc6C5)CC4)cc3C2)c(O)cc1O. The molecule has 0 spiro atoms. The van der Waals surface area contributed by atoms with Crippen molar-refractivity contribution in [2.24, 2.45) is 0 Å². The van der Waals surface area contributed by atoms with Crippen molar-refractivity contribution in [3.05, 3.63) is 99.5 Å². The van der Waals surface area contributed by atoms with Gasteiger partial charge in [-0.15, -0.1) is 0 Å². The number of anilines is 2. The fraction of sp³-hybridized carbons (Fsp3) is 0.458. The number of piperidine rings is 1. The maximum atomic E-state index is 14.0. The van der Waals surface area contributed by atoms with Gasteiger partial charge in [-0.1, -0.05) is 32.0 Å². The van der Waals surface area contributed by atoms with Gasteiger partial charge in [0.2, 0.25) is 11.9 Å². The lowest BCUT2D eigenvalue weighted by atomic mass is 9.87. The van der Waals surface area contributed by atoms with Gasteiger partial charge in [-0.25, -0.2) is 24.9 Å². The summed E-state index contributed by atoms with van der Waals surface area (Å²) in [5, 5.41) is 32.5. The number of carbonyl (C=O) groups is 3. The Hall–Kier alpha value is -6.70. The number of nitrogens with two attached hydrogens (primary N) is 1. The monoisotopic (exact) mass is 912 g/mol. The minimum absolute atomic E-state index is 0.0112. The molecule has 10 rings (SSSR count). The van der Waals surface area contributed by atoms with E-state index in [-0.39, 0.29) is 66.2 Å². The van der Waals surface area contributed by atoms with Crippen molar-refractivity contribution in [3.63, 3.8) is 0 Å². The van der Waals surface area contributed by atoms with Crippen LogP contribution in [0.2, 0.25) is 0 Å². The molecule has 19 nitrogen and oxygen atoms in total. The molecule has 350 valence electrons. The number of nitrogens with zero attached hydrogens (tertiary/aromatic N) is 11. The lowest BCUT2D eigenvalue weighted by molar-refractivity contribution is -0.140. The first kappa shape index (κ1) is 44.2. The minimum atomic E-state index is -1.13. The number of morpholine rings is 1. The number of hydrogen-bond acceptors (Lipinski definition) is 15. The molecule has 5 N–H and O–H groups in total. The van der Waals surface area contributed by atoms with Gasteiger partial charge in [-0.2, -0.15) is 0 Å². The first-order chi connectivity index (χ1) is 32.3. The van der Waals surface area contributed by atoms with Gasteiger partial charge in [-0.05, 0) is 53.5 Å². The number of aliphatic hydroxyl groups is 1. The van der Waals surface area contributed by atoms with Crippen molar-refractivity contribution in [2.75, 3.05) is 63.1 Å². The molecule has 67 heavy (non-hydrogen) atoms. The van der Waals surface area contributed by atoms with Crippen LogP contribution in [0.1, 0.15) is 99.2 Å². The van der Waals surface area contributed by atoms with Crippen molar-refractivity contribution in [2.45, 2.75) is 90.3 Å². The van der Waals surface area contributed by atoms with Gasteiger partial charge >= 0.3 is 0 Å². The molecule has 3 aromatic heterocycles. The van der Waals surface area contributed by atoms with Crippen LogP contribution in [0.5, 0.6) is 11.5 Å². The molecule has 3 amide bonds. The first-order valence-electron chi connectivity index (χ1n) is 23.1. The number of phenolic OH excluding ortho intramolecular Hbond substituents is 2. The van der Waals surface area contributed by atoms with Gasteiger partial charge in [0.1, 0.15) is 28.8 Å². The van der Waals surface area contributed by atoms with E-state index in [1.807, 2.05) is 18.4 Å². The Labute approximate surface area is 387 Å². The molecule has 0 unspecified atom stereocenters. The van der Waals surface area contributed by atoms with Crippen LogP contribution in [-0.4, -0.2) is 140 Å². The normalized spacial score (nSPS) is 18.2. The Morgan fingerprint density at radius 3 is 2.33 bits per heavy atom. The molecule has 5 aromatic rings. The number of phenols is 2. The number of carbonyl (C=O) groups excluding carboxylic acids is 3. The average Bonchev–Trinajstić information content (AvgIpc) is 3.96. The zero-order valence-electron chi connectivity index (χ0n) is 37.9. The van der Waals surface area contributed by atoms with Crippen molar-refractivity contribution < 1.29 is 34.4 Å². The third-order valence-corrected chi connectivity index (χ3v) is 13.9. The van der Waals surface area contributed by atoms with Gasteiger partial charge in [0.15, 0.2) is 5.82 Å². The summed E-state index contributed by atoms with van der Waals surface area (Å²) in [6, 6.07) is 9.08. The van der Waals surface area contributed by atoms with Crippen molar-refractivity contribution in [1.82, 2.24) is 49.1 Å². The van der Waals surface area contributed by atoms with Crippen LogP contribution >= 0.6 is 0 Å². The van der Waals surface area contributed by atoms with E-state index in [0.717, 1.165) is 33.8 Å². The fourth-order valence-electron chi connectivity index (χ4n) is 9.98. The summed E-state index contributed by atoms with van der Waals surface area (Å²) in [6.45, 7) is 11.2. The number of hydrogen-bond donors (Lipinski definition) is 4. The van der Waals surface area contributed by atoms with Crippen LogP contribution in [0.4, 0.5) is 11.8 Å². The Morgan fingerprint density at radius 2 is 1.57 bits per heavy atom. The second kappa shape index (κ2) is 17.8. The molecule has 5 aliphatic heterocycles. The summed E-state index contributed by atoms with van der Waals surface area (Å²) in [7, 11) is 0. The van der Waals surface area contributed by atoms with E-state index in [0.29, 0.717) is 126 Å². The summed E-state index contributed by atoms with van der Waals surface area (Å²) in [5.74, 6) is 1.18. The van der Waals surface area contributed by atoms with Gasteiger partial charge < -0.3 is 50.0 Å². The van der Waals surface area contributed by atoms with Crippen LogP contribution in [0, 0.1) is 0 Å². The number of fused-ring (bicyclic) bond motifs is 3. The molecule has 0 saturated carbocycles. The number of aromatic hydroxyl groups is 2. The number of ether oxygens (including phenoxy) is 1. The molecule has 2 aromatic carbocycles. The van der Waals surface area contributed by atoms with E-state index in [1.54, 1.807) is 39.4 Å². The van der Waals surface area contributed by atoms with E-state index in [9.17, 15) is 29.7 Å². The molecule has 2 fully saturated rings. The second-order valence-corrected chi connectivity index (χ2v) is 18.8. The Kier molecular flexibility index (Phi) is 11.8. The molecule has 5 aliphatic rings. The molecule has 0 radical (unpaired) electrons. The van der Waals surface area contributed by atoms with Crippen LogP contribution < -0.4 is 10.6 Å². The molecular formula is C48H56N12O7. The number of benzene rings is 2. The summed E-state index contributed by atoms with van der Waals surface area (Å²) in [4.78, 5) is 73.9. The summed E-state index contributed by atoms with van der Waals surface area (Å²) in [6.07, 6.45) is 6.47. The molecule has 0 aliphatic carbocycles. The Balaban J connectivity index is 0.732. The van der Waals surface area contributed by atoms with E-state index in [4.69, 9.17) is 25.4 Å². The average molecular weight is 913 g/mol. The largest absolute Gasteiger partial charge is 0.508 e. The smallest absolute Gasteiger partial charge is 0.274 e. The molecule has 8 heterocycles. The number of aromatic nitrogens is 6. The lowest BCUT2D eigenvalue weighted by Crippen LogP contribution is -2.48. The van der Waals surface area contributed by atoms with Crippen LogP contribution in [0.15, 0.2) is 48.9 Å². The van der Waals surface area contributed by atoms with E-state index in [1.165, 1.54) is 6.07 Å². The maximum absolute atomic E-state index is 14.0. The Bertz CT molecular complexity index is 2730. The molecule has 0 atom stereocenters. The predicted molar refractivity (Wildman–Crippen MR) is 245 cm³/mol. The zero-order chi connectivity index (χ0) is 46.6. The van der Waals surface area contributed by atoms with Gasteiger partial charge in [0, 0.05) is 95.7 Å². The van der Waals surface area contributed by atoms with Crippen LogP contribution in [0.25, 0.3) is 11.4 Å². The summed E-state index contributed by atoms with van der Waals surface area (Å²) < 4.78 is 7.55. The molecular weight excluding hydrogens is 857 g/mol. The number of amides is 3. The van der Waals surface area contributed by atoms with Crippen molar-refractivity contribution in [1.29, 1.82) is 0 Å². The number of likely N-dealkylation sites (tertiary alicyclic amines) is 1. The third kappa shape index (κ3) is 8.97. The van der Waals surface area contributed by atoms with Crippen molar-refractivity contribution >= 4 is 29.5 Å². The van der Waals surface area contributed by atoms with E-state index < -0.39 is 5.60 Å². The quantitative estimate of drug-likeness (QED) is 0.166. The van der Waals surface area contributed by atoms with E-state index >= 15 is 0 Å². The highest BCUT2D eigenvalue weighted by molar-refractivity contribution is 5.97. The van der Waals surface area contributed by atoms with E-state index in [2.05, 4.69) is 38.0 Å². The van der Waals surface area contributed by atoms with Crippen molar-refractivity contribution in [3.8, 4) is 22.9 Å². The first-order valence-corrected chi connectivity index (χ1v) is 23.1. The highest BCUT2D eigenvalue weighted by Crippen LogP contribution is 2.36. The third-order valence-electron chi connectivity index (χ3n) is 13.9. The van der Waals surface area contributed by atoms with Gasteiger partial charge in [-0.3, -0.25) is 19.3 Å². The molecule has 2 saturated heterocycles. The molecule has 0 bridgehead atoms. The zero-order valence-corrected chi connectivity index (χ0v) is 37.9. The predicted octanol–water partition coefficient (Wildman–Crippen LogP) is 3.20. The maximum Gasteiger partial charge on any atom is 0.274 e. The topological polar surface area (TPSA) is 233 Å². The highest BCUT2D eigenvalue weighted by atomic mass is 16.5. The minimum Gasteiger partial charge on any atom is -0.508 e. The molecule has 19 heteroatoms. The standard InChI is InChI=1S/C48H56N12O7/c1-29(2)35-18-36(40(62)19-39(35)61)45(64)60-24-31-4-3-30(17-32(31)25-60)23-55-9-6-48(66,7-10-55)20-42(63)58-12-11-57-27-38(52-41(57)28-58)46(65)59-8-5-34-37(26-59)53-43(33-21-50-47(49)51-22-33)54-44(34)56-13-15-67-16-14-56/h3-4,17-19,21-22,27,29,61-62,66H,5-16,20,23-26,28H2,1-2H3,(H2,49,50,51). The van der Waals surface area contributed by atoms with Crippen LogP contribution in [-0.2, 0) is 55.2 Å². The number of imidazole rings is 1. The second-order valence-electron chi connectivity index (χ2n) is 18.8.